The Balaban J connectivity index is 1.75. The van der Waals surface area contributed by atoms with E-state index >= 15 is 0 Å². The third-order valence-electron chi connectivity index (χ3n) is 4.71. The number of hydrogen-bond donors (Lipinski definition) is 2. The van der Waals surface area contributed by atoms with Crippen LogP contribution in [-0.4, -0.2) is 24.1 Å². The number of carboxylic acids is 1. The van der Waals surface area contributed by atoms with Crippen LogP contribution < -0.4 is 10.1 Å². The van der Waals surface area contributed by atoms with Gasteiger partial charge in [-0.3, -0.25) is 9.59 Å². The zero-order chi connectivity index (χ0) is 17.8. The highest BCUT2D eigenvalue weighted by atomic mass is 16.5. The van der Waals surface area contributed by atoms with Crippen molar-refractivity contribution in [3.63, 3.8) is 0 Å². The molecule has 2 N–H and O–H groups in total. The van der Waals surface area contributed by atoms with E-state index in [1.54, 1.807) is 13.2 Å². The van der Waals surface area contributed by atoms with Gasteiger partial charge in [-0.2, -0.15) is 0 Å². The van der Waals surface area contributed by atoms with Crippen molar-refractivity contribution >= 4 is 17.6 Å². The highest BCUT2D eigenvalue weighted by molar-refractivity contribution is 5.96. The normalized spacial score (nSPS) is 18.9. The van der Waals surface area contributed by atoms with Gasteiger partial charge in [-0.25, -0.2) is 0 Å². The Labute approximate surface area is 146 Å². The van der Waals surface area contributed by atoms with Gasteiger partial charge in [0.1, 0.15) is 5.75 Å². The highest BCUT2D eigenvalue weighted by Gasteiger charge is 2.41. The second kappa shape index (κ2) is 7.38. The first kappa shape index (κ1) is 17.0. The van der Waals surface area contributed by atoms with Crippen LogP contribution in [0.3, 0.4) is 0 Å². The summed E-state index contributed by atoms with van der Waals surface area (Å²) in [6.07, 6.45) is 1.88. The van der Waals surface area contributed by atoms with Gasteiger partial charge in [-0.1, -0.05) is 30.3 Å². The van der Waals surface area contributed by atoms with E-state index < -0.39 is 17.8 Å². The maximum Gasteiger partial charge on any atom is 0.307 e. The molecule has 0 unspecified atom stereocenters. The molecule has 3 rings (SSSR count). The number of rotatable bonds is 6. The third-order valence-corrected chi connectivity index (χ3v) is 4.71. The molecule has 0 aliphatic heterocycles. The Morgan fingerprint density at radius 2 is 1.84 bits per heavy atom. The Bertz CT molecular complexity index is 773. The lowest BCUT2D eigenvalue weighted by Gasteiger charge is -2.31. The van der Waals surface area contributed by atoms with E-state index in [0.717, 1.165) is 16.9 Å². The van der Waals surface area contributed by atoms with Gasteiger partial charge in [0.2, 0.25) is 5.91 Å². The van der Waals surface area contributed by atoms with E-state index in [2.05, 4.69) is 5.32 Å². The van der Waals surface area contributed by atoms with Crippen LogP contribution in [0.4, 0.5) is 5.69 Å². The van der Waals surface area contributed by atoms with Gasteiger partial charge in [0.15, 0.2) is 0 Å². The number of carbonyl (C=O) groups excluding carboxylic acids is 1. The number of aliphatic carboxylic acids is 1. The van der Waals surface area contributed by atoms with Gasteiger partial charge >= 0.3 is 5.97 Å². The Morgan fingerprint density at radius 1 is 1.12 bits per heavy atom. The van der Waals surface area contributed by atoms with Crippen LogP contribution in [0.15, 0.2) is 48.5 Å². The fourth-order valence-electron chi connectivity index (χ4n) is 3.15. The number of carboxylic acid groups (broad SMARTS) is 1. The number of hydrogen-bond acceptors (Lipinski definition) is 3. The summed E-state index contributed by atoms with van der Waals surface area (Å²) >= 11 is 0. The molecule has 2 atom stereocenters. The summed E-state index contributed by atoms with van der Waals surface area (Å²) < 4.78 is 5.42. The van der Waals surface area contributed by atoms with Crippen molar-refractivity contribution in [1.82, 2.24) is 0 Å². The molecule has 0 radical (unpaired) electrons. The van der Waals surface area contributed by atoms with Crippen LogP contribution in [0, 0.1) is 11.8 Å². The lowest BCUT2D eigenvalue weighted by atomic mass is 9.73. The molecule has 5 nitrogen and oxygen atoms in total. The molecule has 1 aliphatic carbocycles. The largest absolute Gasteiger partial charge is 0.496 e. The summed E-state index contributed by atoms with van der Waals surface area (Å²) in [5, 5.41) is 11.9. The zero-order valence-electron chi connectivity index (χ0n) is 14.1. The lowest BCUT2D eigenvalue weighted by Crippen LogP contribution is -2.41. The molecule has 5 heteroatoms. The van der Waals surface area contributed by atoms with Crippen LogP contribution >= 0.6 is 0 Å². The molecule has 1 saturated carbocycles. The summed E-state index contributed by atoms with van der Waals surface area (Å²) in [6, 6.07) is 15.5. The number of amides is 1. The maximum absolute atomic E-state index is 12.3. The average molecular weight is 339 g/mol. The van der Waals surface area contributed by atoms with E-state index in [1.165, 1.54) is 0 Å². The SMILES string of the molecule is COc1ccc(NC(=O)[C@@H]2CC[C@@H]2C(=O)O)cc1Cc1ccccc1. The second-order valence-electron chi connectivity index (χ2n) is 6.31. The van der Waals surface area contributed by atoms with Crippen LogP contribution in [0.2, 0.25) is 0 Å². The molecular formula is C20H21NO4. The van der Waals surface area contributed by atoms with Gasteiger partial charge in [-0.05, 0) is 36.6 Å². The molecule has 130 valence electrons. The molecule has 1 aliphatic rings. The zero-order valence-corrected chi connectivity index (χ0v) is 14.1. The summed E-state index contributed by atoms with van der Waals surface area (Å²) in [5.74, 6) is -1.38. The fourth-order valence-corrected chi connectivity index (χ4v) is 3.15. The van der Waals surface area contributed by atoms with Crippen LogP contribution in [0.5, 0.6) is 5.75 Å². The molecule has 0 bridgehead atoms. The second-order valence-corrected chi connectivity index (χ2v) is 6.31. The van der Waals surface area contributed by atoms with Crippen LogP contribution in [0.25, 0.3) is 0 Å². The smallest absolute Gasteiger partial charge is 0.307 e. The minimum absolute atomic E-state index is 0.227. The predicted molar refractivity (Wildman–Crippen MR) is 94.7 cm³/mol. The molecule has 1 amide bonds. The number of benzene rings is 2. The summed E-state index contributed by atoms with van der Waals surface area (Å²) in [5.41, 5.74) is 2.77. The first-order valence-corrected chi connectivity index (χ1v) is 8.33. The first-order chi connectivity index (χ1) is 12.1. The van der Waals surface area contributed by atoms with Crippen molar-refractivity contribution in [2.45, 2.75) is 19.3 Å². The minimum Gasteiger partial charge on any atom is -0.496 e. The average Bonchev–Trinajstić information content (AvgIpc) is 2.54. The van der Waals surface area contributed by atoms with E-state index in [9.17, 15) is 9.59 Å². The van der Waals surface area contributed by atoms with Crippen LogP contribution in [-0.2, 0) is 16.0 Å². The van der Waals surface area contributed by atoms with Crippen molar-refractivity contribution in [3.8, 4) is 5.75 Å². The number of nitrogens with one attached hydrogen (secondary N) is 1. The number of ether oxygens (including phenoxy) is 1. The van der Waals surface area contributed by atoms with Gasteiger partial charge < -0.3 is 15.2 Å². The highest BCUT2D eigenvalue weighted by Crippen LogP contribution is 2.35. The topological polar surface area (TPSA) is 75.6 Å². The van der Waals surface area contributed by atoms with Crippen molar-refractivity contribution in [2.24, 2.45) is 11.8 Å². The molecule has 2 aromatic carbocycles. The molecule has 0 aromatic heterocycles. The van der Waals surface area contributed by atoms with Crippen LogP contribution in [0.1, 0.15) is 24.0 Å². The number of anilines is 1. The molecule has 0 heterocycles. The molecule has 25 heavy (non-hydrogen) atoms. The van der Waals surface area contributed by atoms with Crippen molar-refractivity contribution in [1.29, 1.82) is 0 Å². The molecular weight excluding hydrogens is 318 g/mol. The van der Waals surface area contributed by atoms with E-state index in [-0.39, 0.29) is 5.91 Å². The molecule has 1 fully saturated rings. The molecule has 0 saturated heterocycles. The van der Waals surface area contributed by atoms with E-state index in [1.807, 2.05) is 42.5 Å². The lowest BCUT2D eigenvalue weighted by molar-refractivity contribution is -0.151. The standard InChI is InChI=1S/C20H21NO4/c1-25-18-10-7-15(12-14(18)11-13-5-3-2-4-6-13)21-19(22)16-8-9-17(16)20(23)24/h2-7,10,12,16-17H,8-9,11H2,1H3,(H,21,22)(H,23,24)/t16-,17+/m1/s1. The van der Waals surface area contributed by atoms with Crippen molar-refractivity contribution < 1.29 is 19.4 Å². The van der Waals surface area contributed by atoms with Gasteiger partial charge in [0.25, 0.3) is 0 Å². The minimum atomic E-state index is -0.897. The monoisotopic (exact) mass is 339 g/mol. The molecule has 2 aromatic rings. The Hall–Kier alpha value is -2.82. The van der Waals surface area contributed by atoms with Crippen molar-refractivity contribution in [2.75, 3.05) is 12.4 Å². The van der Waals surface area contributed by atoms with Crippen molar-refractivity contribution in [3.05, 3.63) is 59.7 Å². The Kier molecular flexibility index (Phi) is 5.03. The maximum atomic E-state index is 12.3. The van der Waals surface area contributed by atoms with E-state index in [0.29, 0.717) is 24.9 Å². The number of carbonyl (C=O) groups is 2. The summed E-state index contributed by atoms with van der Waals surface area (Å²) in [7, 11) is 1.62. The molecule has 0 spiro atoms. The third kappa shape index (κ3) is 3.82. The fraction of sp³-hybridized carbons (Fsp3) is 0.300. The van der Waals surface area contributed by atoms with Gasteiger partial charge in [0, 0.05) is 17.7 Å². The predicted octanol–water partition coefficient (Wildman–Crippen LogP) is 3.34. The quantitative estimate of drug-likeness (QED) is 0.846. The summed E-state index contributed by atoms with van der Waals surface area (Å²) in [6.45, 7) is 0. The summed E-state index contributed by atoms with van der Waals surface area (Å²) in [4.78, 5) is 23.4. The van der Waals surface area contributed by atoms with Gasteiger partial charge in [0.05, 0.1) is 18.9 Å². The Morgan fingerprint density at radius 3 is 2.44 bits per heavy atom. The first-order valence-electron chi connectivity index (χ1n) is 8.33. The number of methoxy groups -OCH3 is 1. The van der Waals surface area contributed by atoms with E-state index in [4.69, 9.17) is 9.84 Å². The van der Waals surface area contributed by atoms with Gasteiger partial charge in [-0.15, -0.1) is 0 Å².